The minimum absolute atomic E-state index is 0.611. The molecule has 1 unspecified atom stereocenters. The Hall–Kier alpha value is -2.00. The molecule has 0 saturated heterocycles. The van der Waals surface area contributed by atoms with Gasteiger partial charge in [0.15, 0.2) is 0 Å². The maximum absolute atomic E-state index is 10.5. The highest BCUT2D eigenvalue weighted by atomic mass is 16.5. The van der Waals surface area contributed by atoms with Gasteiger partial charge in [0.2, 0.25) is 0 Å². The third-order valence-electron chi connectivity index (χ3n) is 4.19. The van der Waals surface area contributed by atoms with Crippen molar-refractivity contribution < 1.29 is 9.84 Å². The Morgan fingerprint density at radius 2 is 1.46 bits per heavy atom. The van der Waals surface area contributed by atoms with Crippen molar-refractivity contribution in [2.75, 3.05) is 25.6 Å². The molecular weight excluding hydrogens is 298 g/mol. The highest BCUT2D eigenvalue weighted by Gasteiger charge is 2.10. The van der Waals surface area contributed by atoms with Gasteiger partial charge in [0.05, 0.1) is 6.61 Å². The van der Waals surface area contributed by atoms with Crippen LogP contribution in [-0.4, -0.2) is 25.8 Å². The fraction of sp³-hybridized carbons (Fsp3) is 0.429. The molecule has 2 aromatic rings. The minimum Gasteiger partial charge on any atom is -0.494 e. The molecule has 0 aromatic heterocycles. The van der Waals surface area contributed by atoms with Crippen LogP contribution in [-0.2, 0) is 0 Å². The van der Waals surface area contributed by atoms with Gasteiger partial charge < -0.3 is 14.7 Å². The molecule has 0 bridgehead atoms. The van der Waals surface area contributed by atoms with Gasteiger partial charge in [0.1, 0.15) is 11.9 Å². The Morgan fingerprint density at radius 3 is 2.00 bits per heavy atom. The van der Waals surface area contributed by atoms with Crippen LogP contribution in [0.3, 0.4) is 0 Å². The summed E-state index contributed by atoms with van der Waals surface area (Å²) in [5.41, 5.74) is 2.90. The van der Waals surface area contributed by atoms with Gasteiger partial charge in [-0.2, -0.15) is 0 Å². The van der Waals surface area contributed by atoms with E-state index in [1.54, 1.807) is 0 Å². The van der Waals surface area contributed by atoms with E-state index in [9.17, 15) is 5.11 Å². The maximum atomic E-state index is 10.5. The number of anilines is 1. The molecule has 0 aliphatic rings. The number of rotatable bonds is 9. The fourth-order valence-corrected chi connectivity index (χ4v) is 2.61. The molecular formula is C21H29NO2. The molecule has 3 heteroatoms. The second-order valence-electron chi connectivity index (χ2n) is 6.37. The quantitative estimate of drug-likeness (QED) is 0.672. The third-order valence-corrected chi connectivity index (χ3v) is 4.19. The smallest absolute Gasteiger partial charge is 0.119 e. The zero-order chi connectivity index (χ0) is 17.4. The summed E-state index contributed by atoms with van der Waals surface area (Å²) in [6.45, 7) is 2.97. The second-order valence-corrected chi connectivity index (χ2v) is 6.37. The lowest BCUT2D eigenvalue weighted by molar-refractivity contribution is 0.220. The number of hydrogen-bond donors (Lipinski definition) is 1. The number of benzene rings is 2. The SMILES string of the molecule is CCCCCCOc1ccc(C(O)c2ccc(N(C)C)cc2)cc1. The van der Waals surface area contributed by atoms with Crippen LogP contribution in [0.5, 0.6) is 5.75 Å². The van der Waals surface area contributed by atoms with Crippen molar-refractivity contribution in [2.45, 2.75) is 38.7 Å². The van der Waals surface area contributed by atoms with E-state index in [0.29, 0.717) is 0 Å². The zero-order valence-corrected chi connectivity index (χ0v) is 15.0. The molecule has 0 spiro atoms. The maximum Gasteiger partial charge on any atom is 0.119 e. The predicted molar refractivity (Wildman–Crippen MR) is 101 cm³/mol. The summed E-state index contributed by atoms with van der Waals surface area (Å²) >= 11 is 0. The minimum atomic E-state index is -0.611. The van der Waals surface area contributed by atoms with Crippen LogP contribution in [0.15, 0.2) is 48.5 Å². The summed E-state index contributed by atoms with van der Waals surface area (Å²) in [5, 5.41) is 10.5. The van der Waals surface area contributed by atoms with E-state index in [4.69, 9.17) is 4.74 Å². The molecule has 0 aliphatic heterocycles. The molecule has 0 amide bonds. The van der Waals surface area contributed by atoms with Crippen LogP contribution in [0.25, 0.3) is 0 Å². The van der Waals surface area contributed by atoms with Crippen molar-refractivity contribution in [3.05, 3.63) is 59.7 Å². The lowest BCUT2D eigenvalue weighted by Crippen LogP contribution is -2.08. The van der Waals surface area contributed by atoms with Crippen molar-refractivity contribution in [3.63, 3.8) is 0 Å². The van der Waals surface area contributed by atoms with Crippen LogP contribution in [0.4, 0.5) is 5.69 Å². The molecule has 3 nitrogen and oxygen atoms in total. The first-order chi connectivity index (χ1) is 11.6. The highest BCUT2D eigenvalue weighted by Crippen LogP contribution is 2.25. The Balaban J connectivity index is 1.91. The summed E-state index contributed by atoms with van der Waals surface area (Å²) in [6, 6.07) is 15.7. The normalized spacial score (nSPS) is 12.0. The first-order valence-electron chi connectivity index (χ1n) is 8.80. The van der Waals surface area contributed by atoms with Crippen LogP contribution >= 0.6 is 0 Å². The van der Waals surface area contributed by atoms with E-state index in [-0.39, 0.29) is 0 Å². The second kappa shape index (κ2) is 9.33. The molecule has 1 N–H and O–H groups in total. The number of nitrogens with zero attached hydrogens (tertiary/aromatic N) is 1. The first-order valence-corrected chi connectivity index (χ1v) is 8.80. The van der Waals surface area contributed by atoms with Gasteiger partial charge in [-0.05, 0) is 41.8 Å². The number of aliphatic hydroxyl groups is 1. The number of hydrogen-bond acceptors (Lipinski definition) is 3. The van der Waals surface area contributed by atoms with E-state index < -0.39 is 6.10 Å². The predicted octanol–water partition coefficient (Wildman–Crippen LogP) is 4.79. The van der Waals surface area contributed by atoms with Gasteiger partial charge in [0.25, 0.3) is 0 Å². The Labute approximate surface area is 145 Å². The molecule has 0 aliphatic carbocycles. The Bertz CT molecular complexity index is 590. The van der Waals surface area contributed by atoms with E-state index in [0.717, 1.165) is 35.6 Å². The molecule has 0 saturated carbocycles. The summed E-state index contributed by atoms with van der Waals surface area (Å²) in [4.78, 5) is 2.04. The van der Waals surface area contributed by atoms with E-state index in [1.165, 1.54) is 19.3 Å². The number of ether oxygens (including phenoxy) is 1. The van der Waals surface area contributed by atoms with Crippen LogP contribution < -0.4 is 9.64 Å². The molecule has 2 aromatic carbocycles. The van der Waals surface area contributed by atoms with E-state index >= 15 is 0 Å². The molecule has 24 heavy (non-hydrogen) atoms. The van der Waals surface area contributed by atoms with E-state index in [2.05, 4.69) is 6.92 Å². The summed E-state index contributed by atoms with van der Waals surface area (Å²) in [5.74, 6) is 0.866. The van der Waals surface area contributed by atoms with Crippen molar-refractivity contribution >= 4 is 5.69 Å². The third kappa shape index (κ3) is 5.27. The lowest BCUT2D eigenvalue weighted by atomic mass is 10.0. The van der Waals surface area contributed by atoms with Crippen molar-refractivity contribution in [1.82, 2.24) is 0 Å². The van der Waals surface area contributed by atoms with Crippen LogP contribution in [0.1, 0.15) is 49.8 Å². The van der Waals surface area contributed by atoms with E-state index in [1.807, 2.05) is 67.5 Å². The number of unbranched alkanes of at least 4 members (excludes halogenated alkanes) is 3. The van der Waals surface area contributed by atoms with Gasteiger partial charge in [-0.25, -0.2) is 0 Å². The van der Waals surface area contributed by atoms with Gasteiger partial charge in [-0.3, -0.25) is 0 Å². The summed E-state index contributed by atoms with van der Waals surface area (Å²) < 4.78 is 5.75. The fourth-order valence-electron chi connectivity index (χ4n) is 2.61. The largest absolute Gasteiger partial charge is 0.494 e. The van der Waals surface area contributed by atoms with Crippen molar-refractivity contribution in [2.24, 2.45) is 0 Å². The lowest BCUT2D eigenvalue weighted by Gasteiger charge is -2.16. The number of aliphatic hydroxyl groups excluding tert-OH is 1. The Morgan fingerprint density at radius 1 is 0.875 bits per heavy atom. The van der Waals surface area contributed by atoms with Crippen LogP contribution in [0.2, 0.25) is 0 Å². The molecule has 2 rings (SSSR count). The summed E-state index contributed by atoms with van der Waals surface area (Å²) in [7, 11) is 4.01. The molecule has 0 fully saturated rings. The van der Waals surface area contributed by atoms with Crippen LogP contribution in [0, 0.1) is 0 Å². The highest BCUT2D eigenvalue weighted by molar-refractivity contribution is 5.47. The zero-order valence-electron chi connectivity index (χ0n) is 15.0. The first kappa shape index (κ1) is 18.3. The van der Waals surface area contributed by atoms with Gasteiger partial charge >= 0.3 is 0 Å². The Kier molecular flexibility index (Phi) is 7.13. The molecule has 0 heterocycles. The summed E-state index contributed by atoms with van der Waals surface area (Å²) in [6.07, 6.45) is 4.20. The monoisotopic (exact) mass is 327 g/mol. The topological polar surface area (TPSA) is 32.7 Å². The molecule has 130 valence electrons. The van der Waals surface area contributed by atoms with Gasteiger partial charge in [-0.1, -0.05) is 50.5 Å². The standard InChI is InChI=1S/C21H29NO2/c1-4-5-6-7-16-24-20-14-10-18(11-15-20)21(23)17-8-12-19(13-9-17)22(2)3/h8-15,21,23H,4-7,16H2,1-3H3. The molecule has 0 radical (unpaired) electrons. The average Bonchev–Trinajstić information content (AvgIpc) is 2.61. The van der Waals surface area contributed by atoms with Crippen molar-refractivity contribution in [1.29, 1.82) is 0 Å². The van der Waals surface area contributed by atoms with Gasteiger partial charge in [0, 0.05) is 19.8 Å². The van der Waals surface area contributed by atoms with Crippen molar-refractivity contribution in [3.8, 4) is 5.75 Å². The molecule has 1 atom stereocenters. The van der Waals surface area contributed by atoms with Gasteiger partial charge in [-0.15, -0.1) is 0 Å². The average molecular weight is 327 g/mol.